The highest BCUT2D eigenvalue weighted by Crippen LogP contribution is 2.26. The quantitative estimate of drug-likeness (QED) is 0.578. The zero-order valence-corrected chi connectivity index (χ0v) is 16.4. The Bertz CT molecular complexity index is 1070. The first kappa shape index (κ1) is 19.3. The van der Waals surface area contributed by atoms with Gasteiger partial charge in [-0.25, -0.2) is 8.78 Å². The van der Waals surface area contributed by atoms with Gasteiger partial charge in [0.1, 0.15) is 11.6 Å². The third kappa shape index (κ3) is 3.53. The number of aryl methyl sites for hydroxylation is 2. The molecule has 0 saturated heterocycles. The van der Waals surface area contributed by atoms with E-state index in [9.17, 15) is 13.6 Å². The number of fused-ring (bicyclic) bond motifs is 1. The van der Waals surface area contributed by atoms with Crippen molar-refractivity contribution in [2.45, 2.75) is 47.1 Å². The molecular weight excluding hydrogens is 344 g/mol. The van der Waals surface area contributed by atoms with Crippen LogP contribution in [0.15, 0.2) is 41.3 Å². The van der Waals surface area contributed by atoms with Crippen LogP contribution in [-0.2, 0) is 6.42 Å². The molecule has 1 atom stereocenters. The minimum Gasteiger partial charge on any atom is -0.344 e. The Hall–Kier alpha value is -2.49. The summed E-state index contributed by atoms with van der Waals surface area (Å²) in [6.07, 6.45) is 1.91. The van der Waals surface area contributed by atoms with E-state index in [-0.39, 0.29) is 23.7 Å². The largest absolute Gasteiger partial charge is 0.344 e. The number of nitrogens with zero attached hydrogens (tertiary/aromatic N) is 1. The molecule has 0 saturated carbocycles. The van der Waals surface area contributed by atoms with E-state index < -0.39 is 5.82 Å². The second-order valence-corrected chi connectivity index (χ2v) is 7.72. The lowest BCUT2D eigenvalue weighted by Gasteiger charge is -2.23. The molecule has 27 heavy (non-hydrogen) atoms. The first-order chi connectivity index (χ1) is 12.7. The van der Waals surface area contributed by atoms with Crippen molar-refractivity contribution in [3.63, 3.8) is 0 Å². The monoisotopic (exact) mass is 369 g/mol. The molecule has 0 spiro atoms. The fourth-order valence-corrected chi connectivity index (χ4v) is 3.40. The summed E-state index contributed by atoms with van der Waals surface area (Å²) in [5.41, 5.74) is 2.38. The summed E-state index contributed by atoms with van der Waals surface area (Å²) in [5, 5.41) is 0.479. The summed E-state index contributed by atoms with van der Waals surface area (Å²) in [7, 11) is 0. The van der Waals surface area contributed by atoms with Gasteiger partial charge >= 0.3 is 0 Å². The third-order valence-electron chi connectivity index (χ3n) is 5.43. The van der Waals surface area contributed by atoms with Gasteiger partial charge in [-0.15, -0.1) is 0 Å². The Morgan fingerprint density at radius 3 is 2.37 bits per heavy atom. The molecule has 142 valence electrons. The Kier molecular flexibility index (Phi) is 5.18. The minimum atomic E-state index is -0.420. The van der Waals surface area contributed by atoms with Gasteiger partial charge in [-0.05, 0) is 55.5 Å². The highest BCUT2D eigenvalue weighted by atomic mass is 19.1. The zero-order chi connectivity index (χ0) is 19.9. The van der Waals surface area contributed by atoms with Gasteiger partial charge in [0.2, 0.25) is 0 Å². The molecule has 3 rings (SSSR count). The van der Waals surface area contributed by atoms with Crippen molar-refractivity contribution in [3.8, 4) is 0 Å². The minimum absolute atomic E-state index is 0.108. The predicted octanol–water partition coefficient (Wildman–Crippen LogP) is 5.70. The topological polar surface area (TPSA) is 22.0 Å². The van der Waals surface area contributed by atoms with Crippen LogP contribution < -0.4 is 5.43 Å². The molecule has 0 fully saturated rings. The molecule has 0 N–H and O–H groups in total. The van der Waals surface area contributed by atoms with E-state index in [1.54, 1.807) is 44.3 Å². The van der Waals surface area contributed by atoms with Crippen LogP contribution in [0.1, 0.15) is 49.1 Å². The Labute approximate surface area is 158 Å². The van der Waals surface area contributed by atoms with Crippen molar-refractivity contribution in [1.29, 1.82) is 0 Å². The van der Waals surface area contributed by atoms with Crippen molar-refractivity contribution in [2.75, 3.05) is 0 Å². The number of hydrogen-bond donors (Lipinski definition) is 0. The second kappa shape index (κ2) is 7.26. The number of rotatable bonds is 4. The van der Waals surface area contributed by atoms with Gasteiger partial charge in [0.15, 0.2) is 5.43 Å². The van der Waals surface area contributed by atoms with E-state index in [4.69, 9.17) is 0 Å². The first-order valence-electron chi connectivity index (χ1n) is 9.28. The number of halogens is 2. The smallest absolute Gasteiger partial charge is 0.192 e. The van der Waals surface area contributed by atoms with Gasteiger partial charge in [-0.3, -0.25) is 4.79 Å². The summed E-state index contributed by atoms with van der Waals surface area (Å²) in [4.78, 5) is 12.7. The van der Waals surface area contributed by atoms with Crippen molar-refractivity contribution in [1.82, 2.24) is 4.57 Å². The number of benzene rings is 2. The lowest BCUT2D eigenvalue weighted by atomic mass is 9.98. The molecule has 0 aliphatic heterocycles. The molecule has 4 heteroatoms. The van der Waals surface area contributed by atoms with Gasteiger partial charge in [0, 0.05) is 29.6 Å². The van der Waals surface area contributed by atoms with E-state index in [0.717, 1.165) is 0 Å². The summed E-state index contributed by atoms with van der Waals surface area (Å²) in [5.74, 6) is -0.414. The molecule has 1 heterocycles. The predicted molar refractivity (Wildman–Crippen MR) is 106 cm³/mol. The van der Waals surface area contributed by atoms with Crippen LogP contribution in [0, 0.1) is 31.4 Å². The van der Waals surface area contributed by atoms with Crippen molar-refractivity contribution in [3.05, 3.63) is 80.6 Å². The third-order valence-corrected chi connectivity index (χ3v) is 5.43. The van der Waals surface area contributed by atoms with Crippen LogP contribution in [0.2, 0.25) is 0 Å². The van der Waals surface area contributed by atoms with Gasteiger partial charge in [-0.2, -0.15) is 0 Å². The molecule has 1 unspecified atom stereocenters. The molecule has 0 aliphatic carbocycles. The van der Waals surface area contributed by atoms with E-state index >= 15 is 0 Å². The average molecular weight is 369 g/mol. The lowest BCUT2D eigenvalue weighted by molar-refractivity contribution is 0.415. The maximum absolute atomic E-state index is 14.9. The summed E-state index contributed by atoms with van der Waals surface area (Å²) < 4.78 is 31.2. The summed E-state index contributed by atoms with van der Waals surface area (Å²) in [6, 6.07) is 8.22. The number of hydrogen-bond acceptors (Lipinski definition) is 1. The van der Waals surface area contributed by atoms with E-state index in [2.05, 4.69) is 20.8 Å². The highest BCUT2D eigenvalue weighted by molar-refractivity contribution is 5.81. The molecular formula is C23H25F2NO. The van der Waals surface area contributed by atoms with Crippen molar-refractivity contribution < 1.29 is 8.78 Å². The lowest BCUT2D eigenvalue weighted by Crippen LogP contribution is -2.18. The van der Waals surface area contributed by atoms with Crippen LogP contribution in [0.25, 0.3) is 10.9 Å². The van der Waals surface area contributed by atoms with E-state index in [0.29, 0.717) is 39.1 Å². The molecule has 0 bridgehead atoms. The Morgan fingerprint density at radius 2 is 1.70 bits per heavy atom. The SMILES string of the molecule is Cc1cccc(Cc2cc3c(=O)c(C)cn(C(C)C(C)C)c3cc2F)c1F. The molecule has 2 aromatic carbocycles. The molecule has 1 aromatic heterocycles. The normalized spacial score (nSPS) is 12.7. The Balaban J connectivity index is 2.20. The molecule has 3 aromatic rings. The van der Waals surface area contributed by atoms with Gasteiger partial charge < -0.3 is 4.57 Å². The molecule has 2 nitrogen and oxygen atoms in total. The fourth-order valence-electron chi connectivity index (χ4n) is 3.40. The van der Waals surface area contributed by atoms with Crippen LogP contribution in [-0.4, -0.2) is 4.57 Å². The number of pyridine rings is 1. The standard InChI is InChI=1S/C23H25F2NO/c1-13(2)16(5)26-12-15(4)23(27)19-10-18(20(24)11-21(19)26)9-17-8-6-7-14(3)22(17)25/h6-8,10-13,16H,9H2,1-5H3. The van der Waals surface area contributed by atoms with Gasteiger partial charge in [0.25, 0.3) is 0 Å². The molecule has 0 amide bonds. The van der Waals surface area contributed by atoms with E-state index in [1.165, 1.54) is 6.07 Å². The van der Waals surface area contributed by atoms with E-state index in [1.807, 2.05) is 4.57 Å². The van der Waals surface area contributed by atoms with Crippen molar-refractivity contribution in [2.24, 2.45) is 5.92 Å². The molecule has 0 aliphatic rings. The van der Waals surface area contributed by atoms with Gasteiger partial charge in [-0.1, -0.05) is 32.0 Å². The van der Waals surface area contributed by atoms with Gasteiger partial charge in [0.05, 0.1) is 5.52 Å². The first-order valence-corrected chi connectivity index (χ1v) is 9.28. The summed E-state index contributed by atoms with van der Waals surface area (Å²) in [6.45, 7) is 9.70. The van der Waals surface area contributed by atoms with Crippen LogP contribution in [0.3, 0.4) is 0 Å². The van der Waals surface area contributed by atoms with Crippen LogP contribution >= 0.6 is 0 Å². The van der Waals surface area contributed by atoms with Crippen molar-refractivity contribution >= 4 is 10.9 Å². The average Bonchev–Trinajstić information content (AvgIpc) is 2.62. The van der Waals surface area contributed by atoms with Crippen LogP contribution in [0.4, 0.5) is 8.78 Å². The second-order valence-electron chi connectivity index (χ2n) is 7.72. The van der Waals surface area contributed by atoms with Crippen LogP contribution in [0.5, 0.6) is 0 Å². The fraction of sp³-hybridized carbons (Fsp3) is 0.348. The summed E-state index contributed by atoms with van der Waals surface area (Å²) >= 11 is 0. The zero-order valence-electron chi connectivity index (χ0n) is 16.4. The Morgan fingerprint density at radius 1 is 1.00 bits per heavy atom. The molecule has 0 radical (unpaired) electrons. The number of aromatic nitrogens is 1. The maximum Gasteiger partial charge on any atom is 0.192 e. The highest BCUT2D eigenvalue weighted by Gasteiger charge is 2.17. The maximum atomic E-state index is 14.9.